The molecule has 0 aliphatic carbocycles. The van der Waals surface area contributed by atoms with Gasteiger partial charge in [-0.05, 0) is 0 Å². The van der Waals surface area contributed by atoms with Gasteiger partial charge in [0.05, 0.1) is 0 Å². The van der Waals surface area contributed by atoms with Crippen molar-refractivity contribution in [1.29, 1.82) is 0 Å². The van der Waals surface area contributed by atoms with E-state index in [0.29, 0.717) is 0 Å². The summed E-state index contributed by atoms with van der Waals surface area (Å²) in [6.07, 6.45) is 0. The molecule has 0 bridgehead atoms. The van der Waals surface area contributed by atoms with Crippen molar-refractivity contribution in [2.75, 3.05) is 0 Å². The molecule has 0 aromatic carbocycles. The molecule has 3 nitrogen and oxygen atoms in total. The van der Waals surface area contributed by atoms with Crippen LogP contribution < -0.4 is 0 Å². The van der Waals surface area contributed by atoms with Gasteiger partial charge in [-0.2, -0.15) is 0 Å². The minimum absolute atomic E-state index is 0. The van der Waals surface area contributed by atoms with Crippen molar-refractivity contribution in [3.8, 4) is 0 Å². The summed E-state index contributed by atoms with van der Waals surface area (Å²) in [7, 11) is 0. The smallest absolute Gasteiger partial charge is 0 e. The minimum atomic E-state index is 0. The van der Waals surface area contributed by atoms with Crippen LogP contribution in [0.1, 0.15) is 0 Å². The standard InChI is InChI=1S/3H2N.Re/h3*1H2;/q3*-1;. The van der Waals surface area contributed by atoms with Gasteiger partial charge in [0.25, 0.3) is 0 Å². The molecule has 6 N–H and O–H groups in total. The second-order valence-electron chi connectivity index (χ2n) is 0. The molecule has 0 amide bonds. The van der Waals surface area contributed by atoms with Gasteiger partial charge in [-0.15, -0.1) is 0 Å². The summed E-state index contributed by atoms with van der Waals surface area (Å²) >= 11 is 0. The van der Waals surface area contributed by atoms with Gasteiger partial charge in [-0.25, -0.2) is 0 Å². The largest absolute Gasteiger partial charge is 0.693 e. The van der Waals surface area contributed by atoms with E-state index in [0.717, 1.165) is 0 Å². The van der Waals surface area contributed by atoms with Gasteiger partial charge >= 0.3 is 0 Å². The van der Waals surface area contributed by atoms with E-state index >= 15 is 0 Å². The fourth-order valence-electron chi connectivity index (χ4n) is 0. The fourth-order valence-corrected chi connectivity index (χ4v) is 0. The molecule has 0 fully saturated rings. The molecule has 0 aliphatic rings. The first-order valence-corrected chi connectivity index (χ1v) is 0. The van der Waals surface area contributed by atoms with Crippen LogP contribution in [0.25, 0.3) is 18.5 Å². The van der Waals surface area contributed by atoms with Crippen molar-refractivity contribution in [1.82, 2.24) is 0 Å². The van der Waals surface area contributed by atoms with E-state index in [1.807, 2.05) is 0 Å². The average Bonchev–Trinajstić information content (AvgIpc) is 0. The van der Waals surface area contributed by atoms with E-state index in [1.165, 1.54) is 0 Å². The van der Waals surface area contributed by atoms with E-state index in [4.69, 9.17) is 0 Å². The molecule has 4 heavy (non-hydrogen) atoms. The van der Waals surface area contributed by atoms with Gasteiger partial charge in [0.2, 0.25) is 0 Å². The van der Waals surface area contributed by atoms with Crippen LogP contribution in [0, 0.1) is 0 Å². The normalized spacial score (nSPS) is 0. The van der Waals surface area contributed by atoms with Crippen molar-refractivity contribution in [2.24, 2.45) is 0 Å². The first-order chi connectivity index (χ1) is 0. The molecule has 0 heterocycles. The van der Waals surface area contributed by atoms with Crippen LogP contribution in [0.3, 0.4) is 0 Å². The second kappa shape index (κ2) is 77.8. The summed E-state index contributed by atoms with van der Waals surface area (Å²) in [5.74, 6) is 0. The number of hydrogen-bond donors (Lipinski definition) is 0. The van der Waals surface area contributed by atoms with Crippen LogP contribution in [0.4, 0.5) is 0 Å². The zero-order valence-corrected chi connectivity index (χ0v) is 4.83. The Kier molecular flexibility index (Phi) is 3770. The van der Waals surface area contributed by atoms with E-state index in [1.54, 1.807) is 0 Å². The third kappa shape index (κ3) is 20.6. The predicted octanol–water partition coefficient (Wildman–Crippen LogP) is 2.15. The van der Waals surface area contributed by atoms with Gasteiger partial charge in [-0.1, -0.05) is 0 Å². The maximum atomic E-state index is 0. The van der Waals surface area contributed by atoms with Crippen molar-refractivity contribution in [2.45, 2.75) is 0 Å². The van der Waals surface area contributed by atoms with Gasteiger partial charge < -0.3 is 18.5 Å². The third-order valence-electron chi connectivity index (χ3n) is 0. The minimum Gasteiger partial charge on any atom is -0.693 e. The first-order valence-electron chi connectivity index (χ1n) is 0. The molecule has 4 heteroatoms. The average molecular weight is 234 g/mol. The summed E-state index contributed by atoms with van der Waals surface area (Å²) in [5, 5.41) is 0. The molecule has 0 aromatic heterocycles. The Morgan fingerprint density at radius 3 is 0.500 bits per heavy atom. The van der Waals surface area contributed by atoms with Crippen molar-refractivity contribution in [3.63, 3.8) is 0 Å². The monoisotopic (exact) mass is 235 g/mol. The van der Waals surface area contributed by atoms with Crippen LogP contribution >= 0.6 is 0 Å². The summed E-state index contributed by atoms with van der Waals surface area (Å²) < 4.78 is 0. The maximum Gasteiger partial charge on any atom is 0 e. The summed E-state index contributed by atoms with van der Waals surface area (Å²) in [5.41, 5.74) is 0. The zero-order valence-electron chi connectivity index (χ0n) is 2.11. The Morgan fingerprint density at radius 1 is 0.500 bits per heavy atom. The van der Waals surface area contributed by atoms with Crippen molar-refractivity contribution >= 4 is 0 Å². The van der Waals surface area contributed by atoms with Gasteiger partial charge in [0, 0.05) is 20.4 Å². The number of rotatable bonds is 0. The molecule has 0 saturated heterocycles. The van der Waals surface area contributed by atoms with Gasteiger partial charge in [-0.3, -0.25) is 0 Å². The quantitative estimate of drug-likeness (QED) is 0.613. The summed E-state index contributed by atoms with van der Waals surface area (Å²) in [6.45, 7) is 0. The summed E-state index contributed by atoms with van der Waals surface area (Å²) in [4.78, 5) is 0. The Morgan fingerprint density at radius 2 is 0.500 bits per heavy atom. The number of nitrogens with two attached hydrogens (primary N) is 3. The molecule has 0 unspecified atom stereocenters. The van der Waals surface area contributed by atoms with E-state index in [9.17, 15) is 0 Å². The van der Waals surface area contributed by atoms with Gasteiger partial charge in [0.15, 0.2) is 0 Å². The molecule has 0 aromatic rings. The predicted molar refractivity (Wildman–Crippen MR) is 15.9 cm³/mol. The van der Waals surface area contributed by atoms with E-state index in [-0.39, 0.29) is 38.9 Å². The number of hydrogen-bond acceptors (Lipinski definition) is 0. The Balaban J connectivity index is 0. The second-order valence-corrected chi connectivity index (χ2v) is 0. The van der Waals surface area contributed by atoms with Crippen LogP contribution in [0.15, 0.2) is 0 Å². The Labute approximate surface area is 39.6 Å². The van der Waals surface area contributed by atoms with Crippen molar-refractivity contribution in [3.05, 3.63) is 18.5 Å². The zero-order chi connectivity index (χ0) is 0. The van der Waals surface area contributed by atoms with Crippen LogP contribution in [0.5, 0.6) is 0 Å². The molecule has 0 atom stereocenters. The maximum absolute atomic E-state index is 0. The molecule has 0 rings (SSSR count). The molecule has 0 saturated carbocycles. The van der Waals surface area contributed by atoms with Crippen LogP contribution in [-0.4, -0.2) is 0 Å². The molecule has 0 aliphatic heterocycles. The first kappa shape index (κ1) is 194. The Hall–Kier alpha value is 0.542. The molecule has 1 radical (unpaired) electrons. The molecular formula is H6N3Re-3. The topological polar surface area (TPSA) is 100 Å². The molecular weight excluding hydrogens is 228 g/mol. The van der Waals surface area contributed by atoms with E-state index in [2.05, 4.69) is 0 Å². The van der Waals surface area contributed by atoms with E-state index < -0.39 is 0 Å². The van der Waals surface area contributed by atoms with Gasteiger partial charge in [0.1, 0.15) is 0 Å². The third-order valence-corrected chi connectivity index (χ3v) is 0. The Bertz CT molecular complexity index is 3.25. The molecule has 31 valence electrons. The fraction of sp³-hybridized carbons (Fsp3) is 0. The van der Waals surface area contributed by atoms with Crippen LogP contribution in [-0.2, 0) is 20.4 Å². The van der Waals surface area contributed by atoms with Crippen LogP contribution in [0.2, 0.25) is 0 Å². The van der Waals surface area contributed by atoms with Crippen molar-refractivity contribution < 1.29 is 20.4 Å². The summed E-state index contributed by atoms with van der Waals surface area (Å²) in [6, 6.07) is 0. The molecule has 0 spiro atoms. The SMILES string of the molecule is [NH2-].[NH2-].[NH2-].[Re].